The predicted molar refractivity (Wildman–Crippen MR) is 55.0 cm³/mol. The van der Waals surface area contributed by atoms with Crippen LogP contribution in [0.1, 0.15) is 5.56 Å². The first-order valence-corrected chi connectivity index (χ1v) is 4.79. The number of nitrogens with zero attached hydrogens (tertiary/aromatic N) is 1. The number of H-pyrrole nitrogens is 1. The summed E-state index contributed by atoms with van der Waals surface area (Å²) >= 11 is 3.39. The molecule has 0 atom stereocenters. The minimum Gasteiger partial charge on any atom is -0.296 e. The lowest BCUT2D eigenvalue weighted by molar-refractivity contribution is 0.388. The number of benzene rings is 1. The molecule has 0 unspecified atom stereocenters. The summed E-state index contributed by atoms with van der Waals surface area (Å²) in [5.41, 5.74) is 1.86. The van der Waals surface area contributed by atoms with Crippen LogP contribution in [0.25, 0.3) is 11.4 Å². The molecule has 0 saturated heterocycles. The molecule has 1 N–H and O–H groups in total. The molecule has 0 saturated carbocycles. The highest BCUT2D eigenvalue weighted by Crippen LogP contribution is 2.27. The van der Waals surface area contributed by atoms with E-state index in [1.807, 2.05) is 25.1 Å². The molecule has 1 aromatic carbocycles. The van der Waals surface area contributed by atoms with Gasteiger partial charge in [-0.2, -0.15) is 0 Å². The number of aromatic nitrogens is 2. The fourth-order valence-electron chi connectivity index (χ4n) is 1.27. The quantitative estimate of drug-likeness (QED) is 0.848. The Hall–Kier alpha value is -1.36. The molecule has 0 fully saturated rings. The van der Waals surface area contributed by atoms with Crippen LogP contribution in [0, 0.1) is 6.92 Å². The van der Waals surface area contributed by atoms with Crippen LogP contribution in [0.5, 0.6) is 0 Å². The van der Waals surface area contributed by atoms with Crippen LogP contribution in [0.4, 0.5) is 0 Å². The second-order valence-corrected chi connectivity index (χ2v) is 3.73. The second kappa shape index (κ2) is 3.42. The number of hydrogen-bond donors (Lipinski definition) is 1. The Balaban J connectivity index is 2.67. The maximum absolute atomic E-state index is 10.8. The van der Waals surface area contributed by atoms with E-state index >= 15 is 0 Å². The summed E-state index contributed by atoms with van der Waals surface area (Å²) < 4.78 is 5.32. The Morgan fingerprint density at radius 3 is 2.86 bits per heavy atom. The van der Waals surface area contributed by atoms with E-state index in [-0.39, 0.29) is 0 Å². The molecule has 0 aliphatic carbocycles. The Morgan fingerprint density at radius 2 is 2.29 bits per heavy atom. The molecule has 4 nitrogen and oxygen atoms in total. The number of hydrogen-bond acceptors (Lipinski definition) is 3. The molecule has 5 heteroatoms. The summed E-state index contributed by atoms with van der Waals surface area (Å²) in [6.07, 6.45) is 0. The van der Waals surface area contributed by atoms with Crippen molar-refractivity contribution in [3.8, 4) is 11.4 Å². The van der Waals surface area contributed by atoms with E-state index in [0.717, 1.165) is 15.6 Å². The molecule has 1 aromatic heterocycles. The molecule has 1 heterocycles. The third kappa shape index (κ3) is 1.50. The van der Waals surface area contributed by atoms with E-state index in [1.54, 1.807) is 0 Å². The van der Waals surface area contributed by atoms with Gasteiger partial charge in [0.15, 0.2) is 5.82 Å². The molecule has 2 rings (SSSR count). The molecular formula is C9H7BrN2O2. The summed E-state index contributed by atoms with van der Waals surface area (Å²) in [5, 5.41) is 3.63. The third-order valence-corrected chi connectivity index (χ3v) is 2.56. The van der Waals surface area contributed by atoms with Gasteiger partial charge in [0, 0.05) is 10.0 Å². The van der Waals surface area contributed by atoms with Gasteiger partial charge in [-0.05, 0) is 18.6 Å². The van der Waals surface area contributed by atoms with Crippen LogP contribution in [-0.4, -0.2) is 10.1 Å². The number of aryl methyl sites for hydroxylation is 1. The third-order valence-electron chi connectivity index (χ3n) is 1.90. The number of halogens is 1. The summed E-state index contributed by atoms with van der Waals surface area (Å²) in [6, 6.07) is 5.74. The summed E-state index contributed by atoms with van der Waals surface area (Å²) in [6.45, 7) is 1.94. The lowest BCUT2D eigenvalue weighted by Gasteiger charge is -2.02. The standard InChI is InChI=1S/C9H7BrN2O2/c1-5-3-2-4-6(10)7(5)8-11-9(13)14-12-8/h2-4H,1H3,(H,11,12,13). The van der Waals surface area contributed by atoms with Crippen molar-refractivity contribution in [3.63, 3.8) is 0 Å². The molecule has 72 valence electrons. The Labute approximate surface area is 88.1 Å². The van der Waals surface area contributed by atoms with Crippen molar-refractivity contribution >= 4 is 15.9 Å². The second-order valence-electron chi connectivity index (χ2n) is 2.88. The van der Waals surface area contributed by atoms with Crippen molar-refractivity contribution in [3.05, 3.63) is 38.8 Å². The minimum atomic E-state index is -0.546. The van der Waals surface area contributed by atoms with Crippen molar-refractivity contribution in [1.29, 1.82) is 0 Å². The lowest BCUT2D eigenvalue weighted by atomic mass is 10.1. The summed E-state index contributed by atoms with van der Waals surface area (Å²) in [5.74, 6) is -0.102. The predicted octanol–water partition coefficient (Wildman–Crippen LogP) is 2.10. The maximum atomic E-state index is 10.8. The first-order valence-electron chi connectivity index (χ1n) is 4.00. The van der Waals surface area contributed by atoms with Crippen molar-refractivity contribution in [2.75, 3.05) is 0 Å². The zero-order valence-electron chi connectivity index (χ0n) is 7.37. The monoisotopic (exact) mass is 254 g/mol. The Kier molecular flexibility index (Phi) is 2.25. The van der Waals surface area contributed by atoms with Crippen molar-refractivity contribution in [2.24, 2.45) is 0 Å². The van der Waals surface area contributed by atoms with E-state index in [0.29, 0.717) is 5.82 Å². The van der Waals surface area contributed by atoms with E-state index in [4.69, 9.17) is 0 Å². The van der Waals surface area contributed by atoms with Crippen LogP contribution < -0.4 is 5.76 Å². The normalized spacial score (nSPS) is 10.4. The van der Waals surface area contributed by atoms with Gasteiger partial charge in [0.1, 0.15) is 0 Å². The van der Waals surface area contributed by atoms with Crippen LogP contribution in [-0.2, 0) is 0 Å². The first kappa shape index (κ1) is 9.21. The van der Waals surface area contributed by atoms with E-state index < -0.39 is 5.76 Å². The number of nitrogens with one attached hydrogen (secondary N) is 1. The summed E-state index contributed by atoms with van der Waals surface area (Å²) in [4.78, 5) is 13.3. The van der Waals surface area contributed by atoms with Gasteiger partial charge in [0.05, 0.1) is 0 Å². The maximum Gasteiger partial charge on any atom is 0.439 e. The first-order chi connectivity index (χ1) is 6.68. The molecule has 0 radical (unpaired) electrons. The molecule has 0 spiro atoms. The average molecular weight is 255 g/mol. The van der Waals surface area contributed by atoms with Gasteiger partial charge in [-0.1, -0.05) is 33.2 Å². The largest absolute Gasteiger partial charge is 0.439 e. The van der Waals surface area contributed by atoms with E-state index in [9.17, 15) is 4.79 Å². The zero-order valence-corrected chi connectivity index (χ0v) is 8.96. The number of rotatable bonds is 1. The van der Waals surface area contributed by atoms with E-state index in [1.165, 1.54) is 0 Å². The fourth-order valence-corrected chi connectivity index (χ4v) is 1.92. The molecule has 2 aromatic rings. The Bertz CT molecular complexity index is 495. The van der Waals surface area contributed by atoms with Gasteiger partial charge in [0.2, 0.25) is 0 Å². The number of aromatic amines is 1. The van der Waals surface area contributed by atoms with Gasteiger partial charge in [-0.3, -0.25) is 9.51 Å². The average Bonchev–Trinajstić information content (AvgIpc) is 2.51. The smallest absolute Gasteiger partial charge is 0.296 e. The lowest BCUT2D eigenvalue weighted by Crippen LogP contribution is -1.95. The molecular weight excluding hydrogens is 248 g/mol. The molecule has 14 heavy (non-hydrogen) atoms. The summed E-state index contributed by atoms with van der Waals surface area (Å²) in [7, 11) is 0. The van der Waals surface area contributed by atoms with Crippen LogP contribution in [0.3, 0.4) is 0 Å². The fraction of sp³-hybridized carbons (Fsp3) is 0.111. The topological polar surface area (TPSA) is 58.9 Å². The van der Waals surface area contributed by atoms with Crippen molar-refractivity contribution in [1.82, 2.24) is 10.1 Å². The highest BCUT2D eigenvalue weighted by Gasteiger charge is 2.10. The van der Waals surface area contributed by atoms with Gasteiger partial charge < -0.3 is 0 Å². The molecule has 0 aliphatic rings. The molecule has 0 amide bonds. The Morgan fingerprint density at radius 1 is 1.50 bits per heavy atom. The van der Waals surface area contributed by atoms with E-state index in [2.05, 4.69) is 30.6 Å². The van der Waals surface area contributed by atoms with Gasteiger partial charge in [-0.25, -0.2) is 4.79 Å². The highest BCUT2D eigenvalue weighted by atomic mass is 79.9. The van der Waals surface area contributed by atoms with Crippen LogP contribution >= 0.6 is 15.9 Å². The SMILES string of the molecule is Cc1cccc(Br)c1-c1noc(=O)[nH]1. The van der Waals surface area contributed by atoms with Gasteiger partial charge in [0.25, 0.3) is 0 Å². The van der Waals surface area contributed by atoms with Gasteiger partial charge in [-0.15, -0.1) is 0 Å². The van der Waals surface area contributed by atoms with Crippen LogP contribution in [0.15, 0.2) is 32.0 Å². The zero-order chi connectivity index (χ0) is 10.1. The van der Waals surface area contributed by atoms with Crippen LogP contribution in [0.2, 0.25) is 0 Å². The highest BCUT2D eigenvalue weighted by molar-refractivity contribution is 9.10. The van der Waals surface area contributed by atoms with Crippen molar-refractivity contribution < 1.29 is 4.52 Å². The van der Waals surface area contributed by atoms with Crippen molar-refractivity contribution in [2.45, 2.75) is 6.92 Å². The molecule has 0 bridgehead atoms. The minimum absolute atomic E-state index is 0.444. The van der Waals surface area contributed by atoms with Gasteiger partial charge >= 0.3 is 5.76 Å². The molecule has 0 aliphatic heterocycles.